The van der Waals surface area contributed by atoms with Gasteiger partial charge >= 0.3 is 0 Å². The van der Waals surface area contributed by atoms with Crippen LogP contribution in [0, 0.1) is 0 Å². The molecule has 2 rings (SSSR count). The van der Waals surface area contributed by atoms with Crippen LogP contribution >= 0.6 is 0 Å². The fourth-order valence-corrected chi connectivity index (χ4v) is 3.86. The first-order valence-electron chi connectivity index (χ1n) is 8.48. The lowest BCUT2D eigenvalue weighted by Crippen LogP contribution is -2.40. The number of nitrogens with zero attached hydrogens (tertiary/aromatic N) is 2. The van der Waals surface area contributed by atoms with Crippen molar-refractivity contribution in [1.29, 1.82) is 0 Å². The van der Waals surface area contributed by atoms with Gasteiger partial charge in [-0.3, -0.25) is 9.69 Å². The van der Waals surface area contributed by atoms with Crippen LogP contribution in [-0.2, 0) is 17.1 Å². The maximum Gasteiger partial charge on any atom is 0.267 e. The molecule has 0 aromatic carbocycles. The van der Waals surface area contributed by atoms with E-state index in [4.69, 9.17) is 0 Å². The lowest BCUT2D eigenvalue weighted by Gasteiger charge is -2.36. The molecule has 1 atom stereocenters. The Bertz CT molecular complexity index is 669. The Morgan fingerprint density at radius 1 is 1.33 bits per heavy atom. The van der Waals surface area contributed by atoms with Crippen LogP contribution in [0.1, 0.15) is 48.4 Å². The standard InChI is InChI=1S/C16H28N4O3S/c1-4-24(22,23)18-10-12-20-11-6-5-7-14(20)13-8-9-15(19(13)3)16(21)17-2/h8-9,14,18H,4-7,10-12H2,1-3H3,(H,17,21). The summed E-state index contributed by atoms with van der Waals surface area (Å²) in [7, 11) is 0.380. The molecule has 8 heteroatoms. The molecule has 1 unspecified atom stereocenters. The minimum Gasteiger partial charge on any atom is -0.354 e. The number of amides is 1. The molecule has 0 spiro atoms. The molecule has 24 heavy (non-hydrogen) atoms. The van der Waals surface area contributed by atoms with Crippen LogP contribution in [0.25, 0.3) is 0 Å². The van der Waals surface area contributed by atoms with E-state index in [1.807, 2.05) is 23.7 Å². The molecule has 0 aliphatic carbocycles. The maximum absolute atomic E-state index is 11.9. The Hall–Kier alpha value is -1.38. The number of piperidine rings is 1. The molecule has 1 amide bonds. The smallest absolute Gasteiger partial charge is 0.267 e. The fourth-order valence-electron chi connectivity index (χ4n) is 3.26. The van der Waals surface area contributed by atoms with Crippen LogP contribution < -0.4 is 10.0 Å². The molecule has 0 bridgehead atoms. The lowest BCUT2D eigenvalue weighted by atomic mass is 9.99. The second kappa shape index (κ2) is 8.13. The Morgan fingerprint density at radius 2 is 2.08 bits per heavy atom. The molecule has 0 saturated carbocycles. The summed E-state index contributed by atoms with van der Waals surface area (Å²) in [6.45, 7) is 3.67. The molecule has 1 aliphatic rings. The number of sulfonamides is 1. The minimum absolute atomic E-state index is 0.0955. The van der Waals surface area contributed by atoms with Crippen LogP contribution in [0.4, 0.5) is 0 Å². The van der Waals surface area contributed by atoms with Gasteiger partial charge in [0.15, 0.2) is 0 Å². The Kier molecular flexibility index (Phi) is 6.42. The summed E-state index contributed by atoms with van der Waals surface area (Å²) >= 11 is 0. The average molecular weight is 356 g/mol. The summed E-state index contributed by atoms with van der Waals surface area (Å²) in [6.07, 6.45) is 3.28. The molecule has 1 aliphatic heterocycles. The highest BCUT2D eigenvalue weighted by Crippen LogP contribution is 2.31. The van der Waals surface area contributed by atoms with E-state index < -0.39 is 10.0 Å². The van der Waals surface area contributed by atoms with Crippen molar-refractivity contribution in [2.24, 2.45) is 7.05 Å². The van der Waals surface area contributed by atoms with Crippen LogP contribution in [0.15, 0.2) is 12.1 Å². The van der Waals surface area contributed by atoms with Gasteiger partial charge in [0.1, 0.15) is 5.69 Å². The number of rotatable bonds is 7. The molecular formula is C16H28N4O3S. The Balaban J connectivity index is 2.09. The molecule has 136 valence electrons. The third-order valence-corrected chi connectivity index (χ3v) is 6.08. The number of nitrogens with one attached hydrogen (secondary N) is 2. The zero-order valence-corrected chi connectivity index (χ0v) is 15.5. The predicted octanol–water partition coefficient (Wildman–Crippen LogP) is 0.851. The second-order valence-corrected chi connectivity index (χ2v) is 8.22. The minimum atomic E-state index is -3.16. The highest BCUT2D eigenvalue weighted by Gasteiger charge is 2.27. The van der Waals surface area contributed by atoms with Gasteiger partial charge in [-0.15, -0.1) is 0 Å². The highest BCUT2D eigenvalue weighted by atomic mass is 32.2. The monoisotopic (exact) mass is 356 g/mol. The summed E-state index contributed by atoms with van der Waals surface area (Å²) in [6, 6.07) is 4.07. The molecule has 0 radical (unpaired) electrons. The van der Waals surface area contributed by atoms with E-state index in [-0.39, 0.29) is 17.7 Å². The van der Waals surface area contributed by atoms with Crippen molar-refractivity contribution in [2.45, 2.75) is 32.2 Å². The summed E-state index contributed by atoms with van der Waals surface area (Å²) in [5.41, 5.74) is 1.75. The van der Waals surface area contributed by atoms with Crippen LogP contribution in [-0.4, -0.2) is 56.2 Å². The van der Waals surface area contributed by atoms with Crippen LogP contribution in [0.5, 0.6) is 0 Å². The third kappa shape index (κ3) is 4.37. The number of hydrogen-bond acceptors (Lipinski definition) is 4. The van der Waals surface area contributed by atoms with Gasteiger partial charge in [-0.25, -0.2) is 13.1 Å². The Labute approximate surface area is 144 Å². The number of likely N-dealkylation sites (tertiary alicyclic amines) is 1. The summed E-state index contributed by atoms with van der Waals surface area (Å²) in [4.78, 5) is 14.2. The largest absolute Gasteiger partial charge is 0.354 e. The van der Waals surface area contributed by atoms with Gasteiger partial charge in [-0.1, -0.05) is 6.42 Å². The Morgan fingerprint density at radius 3 is 2.75 bits per heavy atom. The number of hydrogen-bond donors (Lipinski definition) is 2. The molecule has 1 fully saturated rings. The van der Waals surface area contributed by atoms with E-state index in [1.165, 1.54) is 0 Å². The van der Waals surface area contributed by atoms with Gasteiger partial charge in [0, 0.05) is 32.9 Å². The van der Waals surface area contributed by atoms with E-state index in [1.54, 1.807) is 14.0 Å². The zero-order chi connectivity index (χ0) is 17.7. The third-order valence-electron chi connectivity index (χ3n) is 4.68. The van der Waals surface area contributed by atoms with Gasteiger partial charge in [-0.05, 0) is 38.4 Å². The van der Waals surface area contributed by atoms with Crippen molar-refractivity contribution in [3.8, 4) is 0 Å². The van der Waals surface area contributed by atoms with Crippen molar-refractivity contribution < 1.29 is 13.2 Å². The van der Waals surface area contributed by atoms with Gasteiger partial charge in [-0.2, -0.15) is 0 Å². The first-order chi connectivity index (χ1) is 11.4. The zero-order valence-electron chi connectivity index (χ0n) is 14.7. The first kappa shape index (κ1) is 19.0. The predicted molar refractivity (Wildman–Crippen MR) is 94.4 cm³/mol. The number of carbonyl (C=O) groups is 1. The van der Waals surface area contributed by atoms with Crippen molar-refractivity contribution in [1.82, 2.24) is 19.5 Å². The molecule has 1 aromatic rings. The quantitative estimate of drug-likeness (QED) is 0.759. The van der Waals surface area contributed by atoms with Crippen molar-refractivity contribution >= 4 is 15.9 Å². The van der Waals surface area contributed by atoms with Gasteiger partial charge in [0.2, 0.25) is 10.0 Å². The van der Waals surface area contributed by atoms with E-state index in [0.717, 1.165) is 31.5 Å². The molecule has 2 heterocycles. The first-order valence-corrected chi connectivity index (χ1v) is 10.1. The van der Waals surface area contributed by atoms with E-state index in [9.17, 15) is 13.2 Å². The summed E-state index contributed by atoms with van der Waals surface area (Å²) in [5, 5.41) is 2.66. The van der Waals surface area contributed by atoms with Gasteiger partial charge in [0.05, 0.1) is 11.8 Å². The van der Waals surface area contributed by atoms with E-state index in [2.05, 4.69) is 14.9 Å². The summed E-state index contributed by atoms with van der Waals surface area (Å²) < 4.78 is 27.7. The van der Waals surface area contributed by atoms with Crippen molar-refractivity contribution in [3.05, 3.63) is 23.5 Å². The van der Waals surface area contributed by atoms with Crippen molar-refractivity contribution in [3.63, 3.8) is 0 Å². The maximum atomic E-state index is 11.9. The highest BCUT2D eigenvalue weighted by molar-refractivity contribution is 7.89. The number of aromatic nitrogens is 1. The molecule has 7 nitrogen and oxygen atoms in total. The van der Waals surface area contributed by atoms with Gasteiger partial charge < -0.3 is 9.88 Å². The molecule has 1 saturated heterocycles. The molecular weight excluding hydrogens is 328 g/mol. The van der Waals surface area contributed by atoms with Gasteiger partial charge in [0.25, 0.3) is 5.91 Å². The topological polar surface area (TPSA) is 83.4 Å². The fraction of sp³-hybridized carbons (Fsp3) is 0.688. The normalized spacial score (nSPS) is 19.4. The SMILES string of the molecule is CCS(=O)(=O)NCCN1CCCCC1c1ccc(C(=O)NC)n1C. The van der Waals surface area contributed by atoms with Crippen LogP contribution in [0.2, 0.25) is 0 Å². The van der Waals surface area contributed by atoms with Crippen LogP contribution in [0.3, 0.4) is 0 Å². The molecule has 2 N–H and O–H groups in total. The van der Waals surface area contributed by atoms with E-state index in [0.29, 0.717) is 18.8 Å². The number of carbonyl (C=O) groups excluding carboxylic acids is 1. The average Bonchev–Trinajstić information content (AvgIpc) is 2.96. The molecule has 1 aromatic heterocycles. The lowest BCUT2D eigenvalue weighted by molar-refractivity contribution is 0.0952. The second-order valence-electron chi connectivity index (χ2n) is 6.13. The van der Waals surface area contributed by atoms with Crippen molar-refractivity contribution in [2.75, 3.05) is 32.4 Å². The summed E-state index contributed by atoms with van der Waals surface area (Å²) in [5.74, 6) is 0.00538. The van der Waals surface area contributed by atoms with E-state index >= 15 is 0 Å².